The number of aromatic nitrogens is 4. The minimum atomic E-state index is -0.111. The maximum Gasteiger partial charge on any atom is 0.224 e. The number of fused-ring (bicyclic) bond motifs is 1. The Hall–Kier alpha value is -5.43. The third kappa shape index (κ3) is 5.00. The van der Waals surface area contributed by atoms with Crippen molar-refractivity contribution < 1.29 is 4.79 Å². The number of rotatable bonds is 9. The molecule has 7 nitrogen and oxygen atoms in total. The predicted molar refractivity (Wildman–Crippen MR) is 177 cm³/mol. The summed E-state index contributed by atoms with van der Waals surface area (Å²) in [4.78, 5) is 33.2. The SMILES string of the molecule is Cc1ccc(CNc2ncc3c(C(=O)c4cncc(N=C(c5ccccc5)c5ccccc5)c4)cn(C45CC(C4)C5)c3n2)cc1. The number of carbonyl (C=O) groups excluding carboxylic acids is 1. The molecule has 220 valence electrons. The highest BCUT2D eigenvalue weighted by Crippen LogP contribution is 2.63. The van der Waals surface area contributed by atoms with Crippen LogP contribution in [0.2, 0.25) is 0 Å². The van der Waals surface area contributed by atoms with Gasteiger partial charge < -0.3 is 9.88 Å². The van der Waals surface area contributed by atoms with Crippen LogP contribution in [0.1, 0.15) is 57.4 Å². The highest BCUT2D eigenvalue weighted by molar-refractivity contribution is 6.17. The van der Waals surface area contributed by atoms with Gasteiger partial charge in [0.25, 0.3) is 0 Å². The summed E-state index contributed by atoms with van der Waals surface area (Å²) in [6.45, 7) is 2.71. The van der Waals surface area contributed by atoms with E-state index in [-0.39, 0.29) is 11.3 Å². The lowest BCUT2D eigenvalue weighted by Crippen LogP contribution is -2.59. The van der Waals surface area contributed by atoms with Crippen molar-refractivity contribution in [3.8, 4) is 0 Å². The van der Waals surface area contributed by atoms with Crippen LogP contribution in [-0.4, -0.2) is 31.0 Å². The van der Waals surface area contributed by atoms with Crippen molar-refractivity contribution in [1.29, 1.82) is 0 Å². The molecule has 3 saturated carbocycles. The van der Waals surface area contributed by atoms with E-state index in [1.165, 1.54) is 5.56 Å². The Morgan fingerprint density at radius 3 is 2.22 bits per heavy atom. The quantitative estimate of drug-likeness (QED) is 0.138. The molecule has 2 bridgehead atoms. The largest absolute Gasteiger partial charge is 0.350 e. The Bertz CT molecular complexity index is 2010. The molecule has 3 aromatic heterocycles. The number of hydrogen-bond acceptors (Lipinski definition) is 6. The van der Waals surface area contributed by atoms with E-state index >= 15 is 0 Å². The third-order valence-corrected chi connectivity index (χ3v) is 9.20. The van der Waals surface area contributed by atoms with Gasteiger partial charge in [-0.15, -0.1) is 0 Å². The van der Waals surface area contributed by atoms with Gasteiger partial charge in [0.2, 0.25) is 5.95 Å². The molecule has 7 heteroatoms. The molecule has 6 aromatic rings. The average molecular weight is 589 g/mol. The van der Waals surface area contributed by atoms with E-state index in [4.69, 9.17) is 9.98 Å². The molecule has 0 radical (unpaired) electrons. The molecule has 3 aliphatic rings. The lowest BCUT2D eigenvalue weighted by molar-refractivity contribution is -0.0859. The minimum Gasteiger partial charge on any atom is -0.350 e. The van der Waals surface area contributed by atoms with E-state index in [0.29, 0.717) is 29.3 Å². The summed E-state index contributed by atoms with van der Waals surface area (Å²) < 4.78 is 2.24. The third-order valence-electron chi connectivity index (χ3n) is 9.20. The number of carbonyl (C=O) groups is 1. The summed E-state index contributed by atoms with van der Waals surface area (Å²) in [7, 11) is 0. The van der Waals surface area contributed by atoms with Crippen molar-refractivity contribution in [1.82, 2.24) is 19.5 Å². The summed E-state index contributed by atoms with van der Waals surface area (Å²) in [5, 5.41) is 4.14. The first-order valence-corrected chi connectivity index (χ1v) is 15.4. The lowest BCUT2D eigenvalue weighted by Gasteiger charge is -2.62. The molecular weight excluding hydrogens is 556 g/mol. The summed E-state index contributed by atoms with van der Waals surface area (Å²) in [5.74, 6) is 1.23. The van der Waals surface area contributed by atoms with Crippen LogP contribution in [0.3, 0.4) is 0 Å². The molecule has 3 aliphatic carbocycles. The first-order valence-electron chi connectivity index (χ1n) is 15.4. The highest BCUT2D eigenvalue weighted by atomic mass is 16.1. The minimum absolute atomic E-state index is 0.0503. The fourth-order valence-electron chi connectivity index (χ4n) is 6.63. The van der Waals surface area contributed by atoms with Gasteiger partial charge in [0.05, 0.1) is 23.2 Å². The van der Waals surface area contributed by atoms with Crippen molar-refractivity contribution in [3.63, 3.8) is 0 Å². The number of anilines is 1. The summed E-state index contributed by atoms with van der Waals surface area (Å²) in [6.07, 6.45) is 10.5. The molecule has 45 heavy (non-hydrogen) atoms. The molecule has 0 atom stereocenters. The fourth-order valence-corrected chi connectivity index (χ4v) is 6.63. The molecule has 0 aliphatic heterocycles. The van der Waals surface area contributed by atoms with E-state index in [2.05, 4.69) is 51.0 Å². The standard InChI is InChI=1S/C38H32N6O/c1-25-12-14-26(15-13-25)20-40-37-41-23-32-33(24-44(36(32)43-37)38-17-27(18-38)19-38)35(45)30-16-31(22-39-21-30)42-34(28-8-4-2-5-9-28)29-10-6-3-7-11-29/h2-16,21-24,27H,17-20H2,1H3,(H,40,41,43). The summed E-state index contributed by atoms with van der Waals surface area (Å²) in [6, 6.07) is 30.4. The molecule has 3 aromatic carbocycles. The van der Waals surface area contributed by atoms with Crippen molar-refractivity contribution in [2.24, 2.45) is 10.9 Å². The Labute approximate surface area is 261 Å². The smallest absolute Gasteiger partial charge is 0.224 e. The number of pyridine rings is 1. The first kappa shape index (κ1) is 27.1. The number of benzene rings is 3. The van der Waals surface area contributed by atoms with Gasteiger partial charge in [0.15, 0.2) is 5.78 Å². The van der Waals surface area contributed by atoms with E-state index in [1.54, 1.807) is 18.6 Å². The van der Waals surface area contributed by atoms with Crippen molar-refractivity contribution in [3.05, 3.63) is 149 Å². The molecule has 3 fully saturated rings. The molecule has 3 heterocycles. The Morgan fingerprint density at radius 2 is 1.58 bits per heavy atom. The van der Waals surface area contributed by atoms with Crippen LogP contribution in [0.4, 0.5) is 11.6 Å². The Kier molecular flexibility index (Phi) is 6.59. The van der Waals surface area contributed by atoms with Gasteiger partial charge in [-0.3, -0.25) is 9.78 Å². The molecular formula is C38H32N6O. The van der Waals surface area contributed by atoms with Crippen molar-refractivity contribution in [2.75, 3.05) is 5.32 Å². The van der Waals surface area contributed by atoms with Crippen LogP contribution in [0.25, 0.3) is 11.0 Å². The van der Waals surface area contributed by atoms with Crippen LogP contribution < -0.4 is 5.32 Å². The molecule has 0 saturated heterocycles. The number of nitrogens with zero attached hydrogens (tertiary/aromatic N) is 5. The average Bonchev–Trinajstić information content (AvgIpc) is 3.41. The molecule has 1 N–H and O–H groups in total. The Morgan fingerprint density at radius 1 is 0.889 bits per heavy atom. The maximum atomic E-state index is 14.1. The van der Waals surface area contributed by atoms with Gasteiger partial charge in [-0.1, -0.05) is 90.5 Å². The fraction of sp³-hybridized carbons (Fsp3) is 0.184. The van der Waals surface area contributed by atoms with E-state index in [9.17, 15) is 4.79 Å². The normalized spacial score (nSPS) is 18.1. The predicted octanol–water partition coefficient (Wildman–Crippen LogP) is 7.66. The monoisotopic (exact) mass is 588 g/mol. The second-order valence-electron chi connectivity index (χ2n) is 12.3. The zero-order valence-electron chi connectivity index (χ0n) is 25.0. The molecule has 0 spiro atoms. The zero-order valence-corrected chi connectivity index (χ0v) is 25.0. The zero-order chi connectivity index (χ0) is 30.4. The van der Waals surface area contributed by atoms with Crippen LogP contribution in [0.5, 0.6) is 0 Å². The maximum absolute atomic E-state index is 14.1. The lowest BCUT2D eigenvalue weighted by atomic mass is 9.49. The van der Waals surface area contributed by atoms with E-state index in [1.807, 2.05) is 72.9 Å². The van der Waals surface area contributed by atoms with Gasteiger partial charge in [0, 0.05) is 52.8 Å². The van der Waals surface area contributed by atoms with Gasteiger partial charge in [-0.2, -0.15) is 4.98 Å². The highest BCUT2D eigenvalue weighted by Gasteiger charge is 2.58. The van der Waals surface area contributed by atoms with Crippen LogP contribution in [0, 0.1) is 12.8 Å². The molecule has 9 rings (SSSR count). The van der Waals surface area contributed by atoms with Crippen LogP contribution in [-0.2, 0) is 12.1 Å². The summed E-state index contributed by atoms with van der Waals surface area (Å²) >= 11 is 0. The molecule has 0 unspecified atom stereocenters. The Balaban J connectivity index is 1.14. The van der Waals surface area contributed by atoms with Gasteiger partial charge in [0.1, 0.15) is 5.65 Å². The van der Waals surface area contributed by atoms with E-state index < -0.39 is 0 Å². The number of nitrogens with one attached hydrogen (secondary N) is 1. The van der Waals surface area contributed by atoms with Crippen molar-refractivity contribution >= 4 is 34.2 Å². The van der Waals surface area contributed by atoms with E-state index in [0.717, 1.165) is 58.6 Å². The van der Waals surface area contributed by atoms with Crippen LogP contribution in [0.15, 0.2) is 121 Å². The molecule has 0 amide bonds. The van der Waals surface area contributed by atoms with Gasteiger partial charge in [-0.25, -0.2) is 9.98 Å². The number of aryl methyl sites for hydroxylation is 1. The van der Waals surface area contributed by atoms with Crippen LogP contribution >= 0.6 is 0 Å². The number of ketones is 1. The topological polar surface area (TPSA) is 85.1 Å². The first-order chi connectivity index (χ1) is 22.0. The number of hydrogen-bond donors (Lipinski definition) is 1. The van der Waals surface area contributed by atoms with Gasteiger partial charge in [-0.05, 0) is 43.7 Å². The number of aliphatic imine (C=N–C) groups is 1. The second-order valence-corrected chi connectivity index (χ2v) is 12.3. The second kappa shape index (κ2) is 10.9. The summed E-state index contributed by atoms with van der Waals surface area (Å²) in [5.41, 5.74) is 7.73. The van der Waals surface area contributed by atoms with Crippen molar-refractivity contribution in [2.45, 2.75) is 38.3 Å². The van der Waals surface area contributed by atoms with Gasteiger partial charge >= 0.3 is 0 Å².